The predicted molar refractivity (Wildman–Crippen MR) is 102 cm³/mol. The van der Waals surface area contributed by atoms with E-state index >= 15 is 0 Å². The summed E-state index contributed by atoms with van der Waals surface area (Å²) in [6, 6.07) is 4.56. The van der Waals surface area contributed by atoms with Crippen molar-refractivity contribution in [2.24, 2.45) is 0 Å². The Morgan fingerprint density at radius 1 is 1.10 bits per heavy atom. The summed E-state index contributed by atoms with van der Waals surface area (Å²) < 4.78 is 0. The molecular formula is C17H15N7O7. The molecule has 0 aliphatic heterocycles. The van der Waals surface area contributed by atoms with E-state index in [0.717, 1.165) is 7.11 Å². The molecule has 0 saturated heterocycles. The molecule has 1 heterocycles. The number of carbonyl (C=O) groups is 4. The van der Waals surface area contributed by atoms with Gasteiger partial charge in [-0.25, -0.2) is 14.4 Å². The number of nitrogens with two attached hydrogens (primary N) is 1. The fourth-order valence-electron chi connectivity index (χ4n) is 2.95. The highest BCUT2D eigenvalue weighted by atomic mass is 16.7. The Bertz CT molecular complexity index is 1090. The Kier molecular flexibility index (Phi) is 5.74. The first kappa shape index (κ1) is 21.1. The lowest BCUT2D eigenvalue weighted by Crippen LogP contribution is -2.40. The summed E-state index contributed by atoms with van der Waals surface area (Å²) in [7, 11) is 1.11. The van der Waals surface area contributed by atoms with Crippen LogP contribution in [0, 0.1) is 0 Å². The largest absolute Gasteiger partial charge is 0.478 e. The molecule has 160 valence electrons. The van der Waals surface area contributed by atoms with E-state index in [0.29, 0.717) is 10.6 Å². The number of imide groups is 1. The van der Waals surface area contributed by atoms with E-state index in [1.807, 2.05) is 0 Å². The van der Waals surface area contributed by atoms with E-state index < -0.39 is 23.9 Å². The lowest BCUT2D eigenvalue weighted by Gasteiger charge is -2.16. The van der Waals surface area contributed by atoms with Crippen LogP contribution in [0.3, 0.4) is 0 Å². The third-order valence-corrected chi connectivity index (χ3v) is 4.24. The smallest absolute Gasteiger partial charge is 0.355 e. The van der Waals surface area contributed by atoms with Crippen LogP contribution in [0.1, 0.15) is 26.3 Å². The topological polar surface area (TPSA) is 214 Å². The number of amides is 3. The van der Waals surface area contributed by atoms with Gasteiger partial charge in [0.2, 0.25) is 0 Å². The summed E-state index contributed by atoms with van der Waals surface area (Å²) in [6.07, 6.45) is -0.328. The number of hydrogen-bond donors (Lipinski definition) is 5. The van der Waals surface area contributed by atoms with Crippen LogP contribution < -0.4 is 11.1 Å². The number of aromatic amines is 1. The number of tetrazole rings is 1. The van der Waals surface area contributed by atoms with Crippen molar-refractivity contribution in [2.75, 3.05) is 18.2 Å². The van der Waals surface area contributed by atoms with Crippen molar-refractivity contribution >= 4 is 35.5 Å². The molecule has 2 aliphatic rings. The van der Waals surface area contributed by atoms with Crippen LogP contribution in [0.5, 0.6) is 0 Å². The van der Waals surface area contributed by atoms with Crippen LogP contribution in [0.2, 0.25) is 0 Å². The molecule has 1 aromatic heterocycles. The number of aromatic carboxylic acids is 2. The molecule has 3 rings (SSSR count). The van der Waals surface area contributed by atoms with Gasteiger partial charge >= 0.3 is 18.0 Å². The highest BCUT2D eigenvalue weighted by molar-refractivity contribution is 6.14. The van der Waals surface area contributed by atoms with Crippen molar-refractivity contribution in [2.45, 2.75) is 6.42 Å². The van der Waals surface area contributed by atoms with Crippen LogP contribution in [0.15, 0.2) is 24.3 Å². The molecule has 0 bridgehead atoms. The molecule has 0 fully saturated rings. The summed E-state index contributed by atoms with van der Waals surface area (Å²) in [5, 5.41) is 33.9. The Hall–Kier alpha value is -4.59. The molecule has 0 spiro atoms. The van der Waals surface area contributed by atoms with Crippen molar-refractivity contribution in [3.8, 4) is 11.1 Å². The lowest BCUT2D eigenvalue weighted by atomic mass is 10.1. The first-order valence-corrected chi connectivity index (χ1v) is 8.46. The van der Waals surface area contributed by atoms with Crippen LogP contribution in [-0.2, 0) is 16.1 Å². The van der Waals surface area contributed by atoms with Gasteiger partial charge in [0.1, 0.15) is 0 Å². The maximum Gasteiger partial charge on any atom is 0.355 e. The minimum Gasteiger partial charge on any atom is -0.478 e. The van der Waals surface area contributed by atoms with Crippen molar-refractivity contribution in [1.82, 2.24) is 25.7 Å². The third-order valence-electron chi connectivity index (χ3n) is 4.24. The summed E-state index contributed by atoms with van der Waals surface area (Å²) in [5.41, 5.74) is 5.21. The number of carboxylic acids is 2. The van der Waals surface area contributed by atoms with Crippen LogP contribution in [0.25, 0.3) is 11.1 Å². The van der Waals surface area contributed by atoms with Crippen molar-refractivity contribution in [1.29, 1.82) is 0 Å². The number of carboxylic acid groups (broad SMARTS) is 2. The number of urea groups is 1. The SMILES string of the molecule is CON(C(=O)Cc1ccc2c(C(=O)O)c(N)c(C(=O)O)c-2cc1)C(=O)Nc1nn[nH]n1. The molecule has 31 heavy (non-hydrogen) atoms. The van der Waals surface area contributed by atoms with Gasteiger partial charge in [-0.05, 0) is 21.9 Å². The second-order valence-corrected chi connectivity index (χ2v) is 6.06. The number of hydroxylamine groups is 2. The van der Waals surface area contributed by atoms with E-state index in [1.165, 1.54) is 24.3 Å². The Balaban J connectivity index is 1.90. The van der Waals surface area contributed by atoms with Crippen LogP contribution in [0.4, 0.5) is 16.4 Å². The molecule has 14 nitrogen and oxygen atoms in total. The maximum atomic E-state index is 12.5. The molecule has 0 aromatic carbocycles. The molecule has 14 heteroatoms. The zero-order valence-corrected chi connectivity index (χ0v) is 15.8. The third kappa shape index (κ3) is 4.08. The van der Waals surface area contributed by atoms with E-state index in [2.05, 4.69) is 25.9 Å². The molecule has 0 atom stereocenters. The van der Waals surface area contributed by atoms with E-state index in [4.69, 9.17) is 10.6 Å². The van der Waals surface area contributed by atoms with Crippen molar-refractivity contribution in [3.05, 3.63) is 41.0 Å². The van der Waals surface area contributed by atoms with Gasteiger partial charge in [-0.3, -0.25) is 14.9 Å². The number of nitrogens with one attached hydrogen (secondary N) is 2. The number of rotatable bonds is 6. The van der Waals surface area contributed by atoms with Crippen molar-refractivity contribution < 1.29 is 34.2 Å². The van der Waals surface area contributed by atoms with Crippen LogP contribution in [-0.4, -0.2) is 66.9 Å². The first-order valence-electron chi connectivity index (χ1n) is 8.46. The predicted octanol–water partition coefficient (Wildman–Crippen LogP) is 0.448. The molecule has 1 aromatic rings. The Morgan fingerprint density at radius 2 is 1.68 bits per heavy atom. The van der Waals surface area contributed by atoms with Gasteiger partial charge in [0.25, 0.3) is 11.9 Å². The second kappa shape index (κ2) is 8.42. The number of anilines is 2. The summed E-state index contributed by atoms with van der Waals surface area (Å²) >= 11 is 0. The summed E-state index contributed by atoms with van der Waals surface area (Å²) in [5.74, 6) is -3.72. The molecule has 3 amide bonds. The highest BCUT2D eigenvalue weighted by Crippen LogP contribution is 2.38. The van der Waals surface area contributed by atoms with Gasteiger partial charge < -0.3 is 15.9 Å². The standard InChI is InChI=1S/C17H15N7O7/c1-31-24(17(30)19-16-20-22-23-21-16)10(25)6-7-2-4-8-9(5-3-7)12(15(28)29)13(18)11(8)14(26)27/h2-5H,6,18H2,1H3,(H,26,27)(H,28,29)(H2,19,20,21,22,23,30). The Labute approximate surface area is 172 Å². The fourth-order valence-corrected chi connectivity index (χ4v) is 2.95. The Morgan fingerprint density at radius 3 is 2.13 bits per heavy atom. The maximum absolute atomic E-state index is 12.5. The molecule has 6 N–H and O–H groups in total. The summed E-state index contributed by atoms with van der Waals surface area (Å²) in [6.45, 7) is 0. The lowest BCUT2D eigenvalue weighted by molar-refractivity contribution is -0.158. The monoisotopic (exact) mass is 429 g/mol. The number of H-pyrrole nitrogens is 1. The van der Waals surface area contributed by atoms with E-state index in [9.17, 15) is 29.4 Å². The number of hydrogen-bond acceptors (Lipinski definition) is 9. The number of carbonyl (C=O) groups excluding carboxylic acids is 2. The normalized spacial score (nSPS) is 10.6. The molecule has 0 radical (unpaired) electrons. The van der Waals surface area contributed by atoms with Gasteiger partial charge in [0.15, 0.2) is 0 Å². The number of fused-ring (bicyclic) bond motifs is 1. The van der Waals surface area contributed by atoms with E-state index in [1.54, 1.807) is 0 Å². The molecule has 0 saturated carbocycles. The zero-order valence-electron chi connectivity index (χ0n) is 15.8. The average molecular weight is 429 g/mol. The quantitative estimate of drug-likeness (QED) is 0.339. The summed E-state index contributed by atoms with van der Waals surface area (Å²) in [4.78, 5) is 52.6. The van der Waals surface area contributed by atoms with Crippen molar-refractivity contribution in [3.63, 3.8) is 0 Å². The number of aromatic nitrogens is 4. The van der Waals surface area contributed by atoms with Gasteiger partial charge in [0, 0.05) is 0 Å². The average Bonchev–Trinajstić information content (AvgIpc) is 3.24. The van der Waals surface area contributed by atoms with Gasteiger partial charge in [0.05, 0.1) is 30.3 Å². The van der Waals surface area contributed by atoms with E-state index in [-0.39, 0.29) is 40.3 Å². The zero-order chi connectivity index (χ0) is 22.7. The first-order chi connectivity index (χ1) is 14.7. The molecular weight excluding hydrogens is 414 g/mol. The highest BCUT2D eigenvalue weighted by Gasteiger charge is 2.29. The molecule has 0 unspecified atom stereocenters. The minimum absolute atomic E-state index is 0.0968. The number of nitrogen functional groups attached to an aromatic ring is 1. The van der Waals surface area contributed by atoms with Gasteiger partial charge in [-0.15, -0.1) is 10.2 Å². The molecule has 2 aliphatic carbocycles. The van der Waals surface area contributed by atoms with Gasteiger partial charge in [-0.2, -0.15) is 5.21 Å². The van der Waals surface area contributed by atoms with Crippen LogP contribution >= 0.6 is 0 Å². The van der Waals surface area contributed by atoms with Gasteiger partial charge in [-0.1, -0.05) is 29.4 Å². The second-order valence-electron chi connectivity index (χ2n) is 6.06. The minimum atomic E-state index is -1.39. The fraction of sp³-hybridized carbons (Fsp3) is 0.118. The number of nitrogens with zero attached hydrogens (tertiary/aromatic N) is 4.